The Morgan fingerprint density at radius 2 is 1.70 bits per heavy atom. The Kier molecular flexibility index (Phi) is 8.35. The summed E-state index contributed by atoms with van der Waals surface area (Å²) in [6.45, 7) is 0. The highest BCUT2D eigenvalue weighted by molar-refractivity contribution is 6.01. The van der Waals surface area contributed by atoms with Crippen molar-refractivity contribution in [1.82, 2.24) is 4.98 Å². The lowest BCUT2D eigenvalue weighted by atomic mass is 9.75. The highest BCUT2D eigenvalue weighted by Gasteiger charge is 2.38. The summed E-state index contributed by atoms with van der Waals surface area (Å²) in [7, 11) is 0. The molecule has 1 amide bonds. The SMILES string of the molecule is N#CCCCCC(C#CCc1ccc(C#N)cc1)(C(=O)Nc1ccccn1)c1ccccc1. The summed E-state index contributed by atoms with van der Waals surface area (Å²) in [6.07, 6.45) is 4.38. The Labute approximate surface area is 194 Å². The molecule has 1 N–H and O–H groups in total. The zero-order chi connectivity index (χ0) is 23.4. The van der Waals surface area contributed by atoms with E-state index in [4.69, 9.17) is 10.5 Å². The molecule has 0 saturated heterocycles. The van der Waals surface area contributed by atoms with E-state index in [1.54, 1.807) is 30.5 Å². The van der Waals surface area contributed by atoms with E-state index in [-0.39, 0.29) is 5.91 Å². The molecule has 3 rings (SSSR count). The zero-order valence-electron chi connectivity index (χ0n) is 18.3. The number of carbonyl (C=O) groups is 1. The van der Waals surface area contributed by atoms with Crippen LogP contribution in [-0.2, 0) is 16.6 Å². The van der Waals surface area contributed by atoms with Crippen molar-refractivity contribution in [3.63, 3.8) is 0 Å². The Balaban J connectivity index is 1.97. The quantitative estimate of drug-likeness (QED) is 0.393. The van der Waals surface area contributed by atoms with Crippen LogP contribution in [-0.4, -0.2) is 10.9 Å². The van der Waals surface area contributed by atoms with Crippen LogP contribution in [0.5, 0.6) is 0 Å². The van der Waals surface area contributed by atoms with Gasteiger partial charge in [-0.1, -0.05) is 66.8 Å². The summed E-state index contributed by atoms with van der Waals surface area (Å²) >= 11 is 0. The minimum atomic E-state index is -1.08. The number of pyridine rings is 1. The fourth-order valence-electron chi connectivity index (χ4n) is 3.55. The average Bonchev–Trinajstić information content (AvgIpc) is 2.87. The summed E-state index contributed by atoms with van der Waals surface area (Å²) < 4.78 is 0. The maximum Gasteiger partial charge on any atom is 0.248 e. The minimum absolute atomic E-state index is 0.239. The highest BCUT2D eigenvalue weighted by atomic mass is 16.2. The zero-order valence-corrected chi connectivity index (χ0v) is 18.3. The third kappa shape index (κ3) is 6.30. The summed E-state index contributed by atoms with van der Waals surface area (Å²) in [4.78, 5) is 17.9. The van der Waals surface area contributed by atoms with E-state index in [0.717, 1.165) is 11.1 Å². The Hall–Kier alpha value is -4.40. The fourth-order valence-corrected chi connectivity index (χ4v) is 3.55. The van der Waals surface area contributed by atoms with Crippen molar-refractivity contribution in [2.75, 3.05) is 5.32 Å². The molecule has 0 radical (unpaired) electrons. The Morgan fingerprint density at radius 3 is 2.36 bits per heavy atom. The normalized spacial score (nSPS) is 11.7. The average molecular weight is 433 g/mol. The standard InChI is InChI=1S/C28H24N4O/c29-20-7-2-6-18-28(25-11-3-1-4-12-25,27(33)32-26-13-5-8-21-31-26)19-9-10-23-14-16-24(22-30)17-15-23/h1,3-5,8,11-17,21H,2,6-7,10,18H2,(H,31,32,33). The maximum absolute atomic E-state index is 13.7. The first-order valence-corrected chi connectivity index (χ1v) is 10.8. The third-order valence-corrected chi connectivity index (χ3v) is 5.33. The van der Waals surface area contributed by atoms with Gasteiger partial charge in [0.05, 0.1) is 17.7 Å². The predicted molar refractivity (Wildman–Crippen MR) is 128 cm³/mol. The second-order valence-electron chi connectivity index (χ2n) is 7.59. The van der Waals surface area contributed by atoms with Gasteiger partial charge in [-0.3, -0.25) is 4.79 Å². The van der Waals surface area contributed by atoms with E-state index in [0.29, 0.717) is 43.5 Å². The van der Waals surface area contributed by atoms with Crippen LogP contribution in [0.4, 0.5) is 5.82 Å². The van der Waals surface area contributed by atoms with Crippen molar-refractivity contribution in [1.29, 1.82) is 10.5 Å². The lowest BCUT2D eigenvalue weighted by molar-refractivity contribution is -0.120. The number of nitriles is 2. The molecule has 3 aromatic rings. The molecule has 0 saturated carbocycles. The van der Waals surface area contributed by atoms with Gasteiger partial charge in [0.1, 0.15) is 11.2 Å². The van der Waals surface area contributed by atoms with Gasteiger partial charge in [0.25, 0.3) is 0 Å². The molecule has 1 unspecified atom stereocenters. The summed E-state index contributed by atoms with van der Waals surface area (Å²) in [6, 6.07) is 26.4. The molecule has 0 aliphatic rings. The molecule has 33 heavy (non-hydrogen) atoms. The molecule has 1 heterocycles. The first-order chi connectivity index (χ1) is 16.2. The van der Waals surface area contributed by atoms with Crippen molar-refractivity contribution >= 4 is 11.7 Å². The number of hydrogen-bond acceptors (Lipinski definition) is 4. The number of carbonyl (C=O) groups excluding carboxylic acids is 1. The van der Waals surface area contributed by atoms with Crippen molar-refractivity contribution < 1.29 is 4.79 Å². The molecular weight excluding hydrogens is 408 g/mol. The van der Waals surface area contributed by atoms with Crippen LogP contribution >= 0.6 is 0 Å². The molecule has 162 valence electrons. The van der Waals surface area contributed by atoms with Crippen LogP contribution in [0.15, 0.2) is 79.0 Å². The lowest BCUT2D eigenvalue weighted by Gasteiger charge is -2.28. The van der Waals surface area contributed by atoms with Gasteiger partial charge in [-0.15, -0.1) is 0 Å². The summed E-state index contributed by atoms with van der Waals surface area (Å²) in [5.74, 6) is 6.72. The van der Waals surface area contributed by atoms with Gasteiger partial charge in [0.15, 0.2) is 0 Å². The van der Waals surface area contributed by atoms with E-state index in [1.807, 2.05) is 48.5 Å². The van der Waals surface area contributed by atoms with Gasteiger partial charge in [-0.25, -0.2) is 4.98 Å². The molecule has 1 atom stereocenters. The van der Waals surface area contributed by atoms with Crippen molar-refractivity contribution in [3.05, 3.63) is 95.7 Å². The van der Waals surface area contributed by atoms with Gasteiger partial charge in [0, 0.05) is 19.0 Å². The summed E-state index contributed by atoms with van der Waals surface area (Å²) in [5.41, 5.74) is 1.29. The van der Waals surface area contributed by atoms with E-state index in [2.05, 4.69) is 34.3 Å². The minimum Gasteiger partial charge on any atom is -0.309 e. The van der Waals surface area contributed by atoms with Gasteiger partial charge >= 0.3 is 0 Å². The molecule has 0 aliphatic heterocycles. The number of anilines is 1. The monoisotopic (exact) mass is 432 g/mol. The summed E-state index contributed by atoms with van der Waals surface area (Å²) in [5, 5.41) is 20.9. The van der Waals surface area contributed by atoms with Gasteiger partial charge in [-0.2, -0.15) is 10.5 Å². The molecule has 1 aromatic heterocycles. The second-order valence-corrected chi connectivity index (χ2v) is 7.59. The molecule has 0 fully saturated rings. The molecule has 5 nitrogen and oxygen atoms in total. The van der Waals surface area contributed by atoms with E-state index in [1.165, 1.54) is 0 Å². The van der Waals surface area contributed by atoms with Crippen LogP contribution in [0.3, 0.4) is 0 Å². The van der Waals surface area contributed by atoms with Crippen molar-refractivity contribution in [2.24, 2.45) is 0 Å². The number of nitrogens with zero attached hydrogens (tertiary/aromatic N) is 3. The first-order valence-electron chi connectivity index (χ1n) is 10.8. The molecule has 0 bridgehead atoms. The van der Waals surface area contributed by atoms with Crippen molar-refractivity contribution in [2.45, 2.75) is 37.5 Å². The number of rotatable bonds is 8. The van der Waals surface area contributed by atoms with Crippen LogP contribution in [0, 0.1) is 34.5 Å². The second kappa shape index (κ2) is 11.8. The van der Waals surface area contributed by atoms with Crippen LogP contribution in [0.2, 0.25) is 0 Å². The van der Waals surface area contributed by atoms with Gasteiger partial charge < -0.3 is 5.32 Å². The number of amides is 1. The Morgan fingerprint density at radius 1 is 0.939 bits per heavy atom. The number of unbranched alkanes of at least 4 members (excludes halogenated alkanes) is 2. The smallest absolute Gasteiger partial charge is 0.248 e. The van der Waals surface area contributed by atoms with E-state index >= 15 is 0 Å². The van der Waals surface area contributed by atoms with Gasteiger partial charge in [-0.05, 0) is 48.2 Å². The molecule has 2 aromatic carbocycles. The Bertz CT molecular complexity index is 1200. The molecule has 0 aliphatic carbocycles. The van der Waals surface area contributed by atoms with Crippen LogP contribution in [0.1, 0.15) is 42.4 Å². The first kappa shape index (κ1) is 23.3. The van der Waals surface area contributed by atoms with Crippen LogP contribution < -0.4 is 5.32 Å². The maximum atomic E-state index is 13.7. The number of nitrogens with one attached hydrogen (secondary N) is 1. The lowest BCUT2D eigenvalue weighted by Crippen LogP contribution is -2.39. The highest BCUT2D eigenvalue weighted by Crippen LogP contribution is 2.32. The predicted octanol–water partition coefficient (Wildman–Crippen LogP) is 5.16. The number of hydrogen-bond donors (Lipinski definition) is 1. The molecule has 0 spiro atoms. The largest absolute Gasteiger partial charge is 0.309 e. The fraction of sp³-hybridized carbons (Fsp3) is 0.214. The number of benzene rings is 2. The van der Waals surface area contributed by atoms with Crippen LogP contribution in [0.25, 0.3) is 0 Å². The third-order valence-electron chi connectivity index (χ3n) is 5.33. The molecule has 5 heteroatoms. The topological polar surface area (TPSA) is 89.6 Å². The van der Waals surface area contributed by atoms with Gasteiger partial charge in [0.2, 0.25) is 5.91 Å². The van der Waals surface area contributed by atoms with E-state index < -0.39 is 5.41 Å². The van der Waals surface area contributed by atoms with E-state index in [9.17, 15) is 4.79 Å². The molecular formula is C28H24N4O. The number of aromatic nitrogens is 1. The van der Waals surface area contributed by atoms with Crippen molar-refractivity contribution in [3.8, 4) is 24.0 Å².